The van der Waals surface area contributed by atoms with E-state index in [0.29, 0.717) is 6.61 Å². The van der Waals surface area contributed by atoms with Gasteiger partial charge in [0.1, 0.15) is 0 Å². The van der Waals surface area contributed by atoms with Gasteiger partial charge in [-0.1, -0.05) is 36.7 Å². The minimum Gasteiger partial charge on any atom is -0.380 e. The first-order valence-corrected chi connectivity index (χ1v) is 5.73. The van der Waals surface area contributed by atoms with Gasteiger partial charge in [-0.15, -0.1) is 0 Å². The van der Waals surface area contributed by atoms with E-state index in [4.69, 9.17) is 16.3 Å². The number of ether oxygens (including phenoxy) is 1. The van der Waals surface area contributed by atoms with E-state index in [9.17, 15) is 0 Å². The van der Waals surface area contributed by atoms with Crippen molar-refractivity contribution in [3.8, 4) is 0 Å². The van der Waals surface area contributed by atoms with Crippen molar-refractivity contribution < 1.29 is 4.74 Å². The molecule has 1 N–H and O–H groups in total. The summed E-state index contributed by atoms with van der Waals surface area (Å²) < 4.78 is 5.44. The van der Waals surface area contributed by atoms with E-state index in [1.165, 1.54) is 0 Å². The lowest BCUT2D eigenvalue weighted by atomic mass is 10.1. The Hall–Kier alpha value is -0.570. The molecule has 15 heavy (non-hydrogen) atoms. The van der Waals surface area contributed by atoms with Crippen LogP contribution in [0.5, 0.6) is 0 Å². The fraction of sp³-hybridized carbons (Fsp3) is 0.500. The van der Waals surface area contributed by atoms with Crippen molar-refractivity contribution in [1.82, 2.24) is 5.32 Å². The van der Waals surface area contributed by atoms with Gasteiger partial charge in [-0.05, 0) is 25.1 Å². The Morgan fingerprint density at radius 1 is 1.33 bits per heavy atom. The molecule has 0 spiro atoms. The first kappa shape index (κ1) is 12.5. The van der Waals surface area contributed by atoms with Crippen LogP contribution in [0.25, 0.3) is 0 Å². The lowest BCUT2D eigenvalue weighted by Crippen LogP contribution is -2.25. The maximum absolute atomic E-state index is 6.14. The Kier molecular flexibility index (Phi) is 5.69. The van der Waals surface area contributed by atoms with Crippen molar-refractivity contribution in [2.45, 2.75) is 19.9 Å². The third-order valence-electron chi connectivity index (χ3n) is 2.22. The summed E-state index contributed by atoms with van der Waals surface area (Å²) in [6.07, 6.45) is 0. The van der Waals surface area contributed by atoms with Gasteiger partial charge in [0.15, 0.2) is 0 Å². The number of hydrogen-bond donors (Lipinski definition) is 1. The second-order valence-electron chi connectivity index (χ2n) is 3.29. The summed E-state index contributed by atoms with van der Waals surface area (Å²) in [6, 6.07) is 8.07. The van der Waals surface area contributed by atoms with Crippen molar-refractivity contribution in [2.75, 3.05) is 19.8 Å². The van der Waals surface area contributed by atoms with E-state index in [-0.39, 0.29) is 6.04 Å². The van der Waals surface area contributed by atoms with Crippen molar-refractivity contribution in [3.63, 3.8) is 0 Å². The van der Waals surface area contributed by atoms with E-state index < -0.39 is 0 Å². The molecule has 1 rings (SSSR count). The van der Waals surface area contributed by atoms with Gasteiger partial charge < -0.3 is 10.1 Å². The normalized spacial score (nSPS) is 12.7. The summed E-state index contributed by atoms with van der Waals surface area (Å²) in [5.74, 6) is 0. The highest BCUT2D eigenvalue weighted by molar-refractivity contribution is 6.31. The highest BCUT2D eigenvalue weighted by Gasteiger charge is 2.12. The highest BCUT2D eigenvalue weighted by atomic mass is 35.5. The smallest absolute Gasteiger partial charge is 0.0661 e. The number of halogens is 1. The van der Waals surface area contributed by atoms with Crippen LogP contribution in [0.2, 0.25) is 5.02 Å². The van der Waals surface area contributed by atoms with Crippen molar-refractivity contribution in [3.05, 3.63) is 34.9 Å². The number of likely N-dealkylation sites (N-methyl/N-ethyl adjacent to an activating group) is 1. The predicted molar refractivity (Wildman–Crippen MR) is 64.4 cm³/mol. The average molecular weight is 228 g/mol. The van der Waals surface area contributed by atoms with Crippen molar-refractivity contribution >= 4 is 11.6 Å². The van der Waals surface area contributed by atoms with Gasteiger partial charge in [0.05, 0.1) is 12.6 Å². The summed E-state index contributed by atoms with van der Waals surface area (Å²) in [5, 5.41) is 4.16. The average Bonchev–Trinajstić information content (AvgIpc) is 2.25. The maximum Gasteiger partial charge on any atom is 0.0661 e. The van der Waals surface area contributed by atoms with Crippen molar-refractivity contribution in [1.29, 1.82) is 0 Å². The molecule has 2 nitrogen and oxygen atoms in total. The summed E-state index contributed by atoms with van der Waals surface area (Å²) >= 11 is 6.14. The van der Waals surface area contributed by atoms with Gasteiger partial charge >= 0.3 is 0 Å². The van der Waals surface area contributed by atoms with Gasteiger partial charge in [-0.25, -0.2) is 0 Å². The van der Waals surface area contributed by atoms with E-state index in [1.54, 1.807) is 0 Å². The molecule has 3 heteroatoms. The molecule has 0 radical (unpaired) electrons. The minimum atomic E-state index is 0.184. The molecule has 84 valence electrons. The van der Waals surface area contributed by atoms with Crippen LogP contribution in [-0.2, 0) is 4.74 Å². The molecular weight excluding hydrogens is 210 g/mol. The molecule has 0 aliphatic carbocycles. The quantitative estimate of drug-likeness (QED) is 0.807. The zero-order chi connectivity index (χ0) is 11.1. The van der Waals surface area contributed by atoms with Crippen LogP contribution in [0.1, 0.15) is 25.5 Å². The second-order valence-corrected chi connectivity index (χ2v) is 3.70. The van der Waals surface area contributed by atoms with E-state index >= 15 is 0 Å². The van der Waals surface area contributed by atoms with Gasteiger partial charge in [-0.2, -0.15) is 0 Å². The van der Waals surface area contributed by atoms with Crippen LogP contribution < -0.4 is 5.32 Å². The highest BCUT2D eigenvalue weighted by Crippen LogP contribution is 2.22. The molecule has 0 amide bonds. The molecule has 0 aliphatic rings. The van der Waals surface area contributed by atoms with Gasteiger partial charge in [0.25, 0.3) is 0 Å². The summed E-state index contributed by atoms with van der Waals surface area (Å²) in [5.41, 5.74) is 1.11. The summed E-state index contributed by atoms with van der Waals surface area (Å²) in [7, 11) is 0. The minimum absolute atomic E-state index is 0.184. The lowest BCUT2D eigenvalue weighted by molar-refractivity contribution is 0.123. The Bertz CT molecular complexity index is 291. The molecule has 0 bridgehead atoms. The van der Waals surface area contributed by atoms with Gasteiger partial charge in [-0.3, -0.25) is 0 Å². The number of hydrogen-bond acceptors (Lipinski definition) is 2. The Morgan fingerprint density at radius 3 is 2.67 bits per heavy atom. The fourth-order valence-corrected chi connectivity index (χ4v) is 1.77. The van der Waals surface area contributed by atoms with Crippen molar-refractivity contribution in [2.24, 2.45) is 0 Å². The van der Waals surface area contributed by atoms with E-state index in [1.807, 2.05) is 31.2 Å². The first-order chi connectivity index (χ1) is 7.29. The number of nitrogens with one attached hydrogen (secondary N) is 1. The molecule has 1 aromatic rings. The molecule has 1 atom stereocenters. The Balaban J connectivity index is 2.74. The van der Waals surface area contributed by atoms with E-state index in [0.717, 1.165) is 23.7 Å². The van der Waals surface area contributed by atoms with Crippen LogP contribution in [0, 0.1) is 0 Å². The Morgan fingerprint density at radius 2 is 2.07 bits per heavy atom. The first-order valence-electron chi connectivity index (χ1n) is 5.35. The monoisotopic (exact) mass is 227 g/mol. The van der Waals surface area contributed by atoms with Crippen LogP contribution in [0.4, 0.5) is 0 Å². The third-order valence-corrected chi connectivity index (χ3v) is 2.56. The van der Waals surface area contributed by atoms with Gasteiger partial charge in [0.2, 0.25) is 0 Å². The zero-order valence-electron chi connectivity index (χ0n) is 9.29. The predicted octanol–water partition coefficient (Wildman–Crippen LogP) is 3.03. The lowest BCUT2D eigenvalue weighted by Gasteiger charge is -2.19. The van der Waals surface area contributed by atoms with Crippen LogP contribution in [0.15, 0.2) is 24.3 Å². The van der Waals surface area contributed by atoms with E-state index in [2.05, 4.69) is 12.2 Å². The molecule has 0 heterocycles. The topological polar surface area (TPSA) is 21.3 Å². The summed E-state index contributed by atoms with van der Waals surface area (Å²) in [4.78, 5) is 0. The largest absolute Gasteiger partial charge is 0.380 e. The molecule has 0 aromatic heterocycles. The molecule has 0 aliphatic heterocycles. The Labute approximate surface area is 96.6 Å². The summed E-state index contributed by atoms with van der Waals surface area (Å²) in [6.45, 7) is 6.37. The third kappa shape index (κ3) is 3.82. The molecule has 0 saturated carbocycles. The second kappa shape index (κ2) is 6.83. The molecule has 0 saturated heterocycles. The molecular formula is C12H18ClNO. The SMILES string of the molecule is CCNC(COCC)c1ccccc1Cl. The van der Waals surface area contributed by atoms with Crippen LogP contribution >= 0.6 is 11.6 Å². The molecule has 0 fully saturated rings. The number of rotatable bonds is 6. The van der Waals surface area contributed by atoms with Crippen LogP contribution in [-0.4, -0.2) is 19.8 Å². The van der Waals surface area contributed by atoms with Crippen LogP contribution in [0.3, 0.4) is 0 Å². The molecule has 1 unspecified atom stereocenters. The maximum atomic E-state index is 6.14. The zero-order valence-corrected chi connectivity index (χ0v) is 10.1. The standard InChI is InChI=1S/C12H18ClNO/c1-3-14-12(9-15-4-2)10-7-5-6-8-11(10)13/h5-8,12,14H,3-4,9H2,1-2H3. The van der Waals surface area contributed by atoms with Gasteiger partial charge in [0, 0.05) is 11.6 Å². The number of benzene rings is 1. The molecule has 1 aromatic carbocycles. The fourth-order valence-electron chi connectivity index (χ4n) is 1.50.